The molecular weight excluding hydrogens is 272 g/mol. The molecule has 0 fully saturated rings. The van der Waals surface area contributed by atoms with Gasteiger partial charge in [0.25, 0.3) is 5.91 Å². The average molecular weight is 290 g/mol. The van der Waals surface area contributed by atoms with Crippen LogP contribution in [-0.4, -0.2) is 28.1 Å². The van der Waals surface area contributed by atoms with Crippen LogP contribution in [0.1, 0.15) is 30.1 Å². The molecule has 0 aliphatic heterocycles. The van der Waals surface area contributed by atoms with Crippen LogP contribution in [0.3, 0.4) is 0 Å². The van der Waals surface area contributed by atoms with E-state index in [1.807, 2.05) is 13.8 Å². The lowest BCUT2D eigenvalue weighted by Gasteiger charge is -2.21. The van der Waals surface area contributed by atoms with Gasteiger partial charge in [0, 0.05) is 6.20 Å². The van der Waals surface area contributed by atoms with Crippen LogP contribution < -0.4 is 10.6 Å². The van der Waals surface area contributed by atoms with Gasteiger partial charge in [-0.2, -0.15) is 5.10 Å². The number of aromatic amines is 1. The second-order valence-corrected chi connectivity index (χ2v) is 4.97. The Balaban J connectivity index is 1.94. The van der Waals surface area contributed by atoms with E-state index in [9.17, 15) is 9.59 Å². The van der Waals surface area contributed by atoms with Crippen molar-refractivity contribution in [3.05, 3.63) is 42.1 Å². The zero-order valence-electron chi connectivity index (χ0n) is 11.9. The van der Waals surface area contributed by atoms with Gasteiger partial charge in [0.2, 0.25) is 5.91 Å². The molecule has 7 nitrogen and oxygen atoms in total. The lowest BCUT2D eigenvalue weighted by atomic mass is 10.0. The summed E-state index contributed by atoms with van der Waals surface area (Å²) < 4.78 is 5.02. The summed E-state index contributed by atoms with van der Waals surface area (Å²) in [6.45, 7) is 4.06. The van der Waals surface area contributed by atoms with E-state index in [4.69, 9.17) is 4.42 Å². The quantitative estimate of drug-likeness (QED) is 0.741. The molecule has 0 aromatic carbocycles. The van der Waals surface area contributed by atoms with Crippen molar-refractivity contribution in [3.63, 3.8) is 0 Å². The smallest absolute Gasteiger partial charge is 0.287 e. The van der Waals surface area contributed by atoms with E-state index in [0.717, 1.165) is 5.69 Å². The van der Waals surface area contributed by atoms with Crippen LogP contribution in [0.25, 0.3) is 0 Å². The number of rotatable bonds is 6. The van der Waals surface area contributed by atoms with Crippen LogP contribution in [0.4, 0.5) is 0 Å². The van der Waals surface area contributed by atoms with Crippen molar-refractivity contribution in [1.82, 2.24) is 20.8 Å². The fourth-order valence-corrected chi connectivity index (χ4v) is 1.83. The second kappa shape index (κ2) is 6.74. The lowest BCUT2D eigenvalue weighted by molar-refractivity contribution is -0.124. The Morgan fingerprint density at radius 3 is 2.76 bits per heavy atom. The molecule has 0 unspecified atom stereocenters. The summed E-state index contributed by atoms with van der Waals surface area (Å²) in [6, 6.07) is 4.31. The number of furan rings is 1. The number of hydrogen-bond acceptors (Lipinski definition) is 4. The van der Waals surface area contributed by atoms with Gasteiger partial charge in [-0.25, -0.2) is 0 Å². The van der Waals surface area contributed by atoms with Crippen LogP contribution in [0.15, 0.2) is 35.1 Å². The molecule has 7 heteroatoms. The van der Waals surface area contributed by atoms with Crippen LogP contribution in [-0.2, 0) is 11.3 Å². The number of H-pyrrole nitrogens is 1. The molecule has 0 bridgehead atoms. The SMILES string of the molecule is CC(C)[C@@H](NC(=O)c1ccco1)C(=O)NCc1ccn[nH]1. The summed E-state index contributed by atoms with van der Waals surface area (Å²) in [4.78, 5) is 24.2. The van der Waals surface area contributed by atoms with E-state index < -0.39 is 11.9 Å². The molecular formula is C14H18N4O3. The van der Waals surface area contributed by atoms with Gasteiger partial charge >= 0.3 is 0 Å². The molecule has 2 amide bonds. The average Bonchev–Trinajstić information content (AvgIpc) is 3.13. The summed E-state index contributed by atoms with van der Waals surface area (Å²) in [7, 11) is 0. The number of nitrogens with zero attached hydrogens (tertiary/aromatic N) is 1. The maximum Gasteiger partial charge on any atom is 0.287 e. The second-order valence-electron chi connectivity index (χ2n) is 4.97. The third-order valence-corrected chi connectivity index (χ3v) is 2.99. The molecule has 2 rings (SSSR count). The van der Waals surface area contributed by atoms with Crippen molar-refractivity contribution in [2.24, 2.45) is 5.92 Å². The molecule has 0 aliphatic rings. The monoisotopic (exact) mass is 290 g/mol. The Labute approximate surface area is 122 Å². The molecule has 0 saturated heterocycles. The summed E-state index contributed by atoms with van der Waals surface area (Å²) in [5.41, 5.74) is 0.795. The molecule has 0 saturated carbocycles. The van der Waals surface area contributed by atoms with E-state index in [-0.39, 0.29) is 17.6 Å². The minimum absolute atomic E-state index is 0.0503. The van der Waals surface area contributed by atoms with Gasteiger partial charge < -0.3 is 15.1 Å². The third-order valence-electron chi connectivity index (χ3n) is 2.99. The molecule has 2 aromatic rings. The number of carbonyl (C=O) groups is 2. The maximum absolute atomic E-state index is 12.2. The summed E-state index contributed by atoms with van der Waals surface area (Å²) in [6.07, 6.45) is 3.03. The topological polar surface area (TPSA) is 100 Å². The van der Waals surface area contributed by atoms with Gasteiger partial charge in [-0.15, -0.1) is 0 Å². The van der Waals surface area contributed by atoms with Crippen LogP contribution in [0, 0.1) is 5.92 Å². The summed E-state index contributed by atoms with van der Waals surface area (Å²) in [5.74, 6) is -0.525. The maximum atomic E-state index is 12.2. The number of carbonyl (C=O) groups excluding carboxylic acids is 2. The minimum Gasteiger partial charge on any atom is -0.459 e. The zero-order valence-corrected chi connectivity index (χ0v) is 11.9. The Kier molecular flexibility index (Phi) is 4.76. The standard InChI is InChI=1S/C14H18N4O3/c1-9(2)12(17-13(19)11-4-3-7-21-11)14(20)15-8-10-5-6-16-18-10/h3-7,9,12H,8H2,1-2H3,(H,15,20)(H,16,18)(H,17,19)/t12-/m1/s1. The number of aromatic nitrogens is 2. The van der Waals surface area contributed by atoms with E-state index in [1.54, 1.807) is 24.4 Å². The molecule has 0 spiro atoms. The van der Waals surface area contributed by atoms with Crippen LogP contribution in [0.5, 0.6) is 0 Å². The third kappa shape index (κ3) is 3.95. The first-order valence-corrected chi connectivity index (χ1v) is 6.68. The highest BCUT2D eigenvalue weighted by Gasteiger charge is 2.25. The Morgan fingerprint density at radius 1 is 1.38 bits per heavy atom. The Hall–Kier alpha value is -2.57. The van der Waals surface area contributed by atoms with E-state index in [1.165, 1.54) is 6.26 Å². The van der Waals surface area contributed by atoms with Gasteiger partial charge in [0.05, 0.1) is 18.5 Å². The normalized spacial score (nSPS) is 12.1. The number of nitrogens with one attached hydrogen (secondary N) is 3. The molecule has 0 aliphatic carbocycles. The van der Waals surface area contributed by atoms with Gasteiger partial charge in [0.1, 0.15) is 6.04 Å². The van der Waals surface area contributed by atoms with Crippen molar-refractivity contribution < 1.29 is 14.0 Å². The predicted octanol–water partition coefficient (Wildman–Crippen LogP) is 1.07. The highest BCUT2D eigenvalue weighted by Crippen LogP contribution is 2.06. The van der Waals surface area contributed by atoms with Gasteiger partial charge in [-0.05, 0) is 24.1 Å². The first-order chi connectivity index (χ1) is 10.1. The van der Waals surface area contributed by atoms with E-state index in [2.05, 4.69) is 20.8 Å². The highest BCUT2D eigenvalue weighted by atomic mass is 16.3. The van der Waals surface area contributed by atoms with Crippen molar-refractivity contribution in [3.8, 4) is 0 Å². The molecule has 2 aromatic heterocycles. The highest BCUT2D eigenvalue weighted by molar-refractivity contribution is 5.95. The molecule has 112 valence electrons. The van der Waals surface area contributed by atoms with Crippen molar-refractivity contribution in [2.75, 3.05) is 0 Å². The number of amides is 2. The molecule has 1 atom stereocenters. The largest absolute Gasteiger partial charge is 0.459 e. The van der Waals surface area contributed by atoms with Gasteiger partial charge in [0.15, 0.2) is 5.76 Å². The zero-order chi connectivity index (χ0) is 15.2. The minimum atomic E-state index is -0.634. The molecule has 3 N–H and O–H groups in total. The van der Waals surface area contributed by atoms with Crippen molar-refractivity contribution in [1.29, 1.82) is 0 Å². The Bertz CT molecular complexity index is 575. The lowest BCUT2D eigenvalue weighted by Crippen LogP contribution is -2.49. The van der Waals surface area contributed by atoms with Crippen molar-refractivity contribution >= 4 is 11.8 Å². The molecule has 0 radical (unpaired) electrons. The Morgan fingerprint density at radius 2 is 2.19 bits per heavy atom. The summed E-state index contributed by atoms with van der Waals surface area (Å²) in [5, 5.41) is 12.0. The fraction of sp³-hybridized carbons (Fsp3) is 0.357. The van der Waals surface area contributed by atoms with Gasteiger partial charge in [-0.3, -0.25) is 14.7 Å². The predicted molar refractivity (Wildman–Crippen MR) is 75.2 cm³/mol. The van der Waals surface area contributed by atoms with E-state index in [0.29, 0.717) is 6.54 Å². The van der Waals surface area contributed by atoms with Crippen molar-refractivity contribution in [2.45, 2.75) is 26.4 Å². The molecule has 21 heavy (non-hydrogen) atoms. The van der Waals surface area contributed by atoms with Crippen LogP contribution in [0.2, 0.25) is 0 Å². The first-order valence-electron chi connectivity index (χ1n) is 6.68. The first kappa shape index (κ1) is 14.8. The molecule has 2 heterocycles. The fourth-order valence-electron chi connectivity index (χ4n) is 1.83. The summed E-state index contributed by atoms with van der Waals surface area (Å²) >= 11 is 0. The van der Waals surface area contributed by atoms with Crippen LogP contribution >= 0.6 is 0 Å². The van der Waals surface area contributed by atoms with E-state index >= 15 is 0 Å². The number of hydrogen-bond donors (Lipinski definition) is 3. The van der Waals surface area contributed by atoms with Gasteiger partial charge in [-0.1, -0.05) is 13.8 Å².